The van der Waals surface area contributed by atoms with E-state index in [1.165, 1.54) is 0 Å². The zero-order valence-electron chi connectivity index (χ0n) is 17.2. The Morgan fingerprint density at radius 1 is 0.839 bits per heavy atom. The van der Waals surface area contributed by atoms with Gasteiger partial charge in [-0.3, -0.25) is 14.4 Å². The molecule has 0 aliphatic rings. The van der Waals surface area contributed by atoms with Crippen molar-refractivity contribution in [3.05, 3.63) is 102 Å². The SMILES string of the molecule is CCNC(=O)c1cccc(NC(=O)COC(=O)C(c2ccccc2)c2ccccc2)c1. The maximum atomic E-state index is 12.9. The Morgan fingerprint density at radius 2 is 1.45 bits per heavy atom. The molecule has 0 spiro atoms. The summed E-state index contributed by atoms with van der Waals surface area (Å²) < 4.78 is 5.33. The van der Waals surface area contributed by atoms with Crippen molar-refractivity contribution in [1.29, 1.82) is 0 Å². The van der Waals surface area contributed by atoms with Gasteiger partial charge < -0.3 is 15.4 Å². The Balaban J connectivity index is 1.65. The molecule has 3 aromatic rings. The fourth-order valence-corrected chi connectivity index (χ4v) is 3.17. The van der Waals surface area contributed by atoms with E-state index in [1.807, 2.05) is 67.6 Å². The monoisotopic (exact) mass is 416 g/mol. The third-order valence-electron chi connectivity index (χ3n) is 4.59. The maximum absolute atomic E-state index is 12.9. The first-order chi connectivity index (χ1) is 15.1. The van der Waals surface area contributed by atoms with Gasteiger partial charge in [-0.05, 0) is 36.2 Å². The summed E-state index contributed by atoms with van der Waals surface area (Å²) in [6, 6.07) is 25.1. The Morgan fingerprint density at radius 3 is 2.03 bits per heavy atom. The van der Waals surface area contributed by atoms with Crippen LogP contribution in [0.25, 0.3) is 0 Å². The molecule has 2 N–H and O–H groups in total. The highest BCUT2D eigenvalue weighted by Crippen LogP contribution is 2.26. The van der Waals surface area contributed by atoms with Crippen LogP contribution in [0.5, 0.6) is 0 Å². The lowest BCUT2D eigenvalue weighted by Crippen LogP contribution is -2.25. The summed E-state index contributed by atoms with van der Waals surface area (Å²) in [6.07, 6.45) is 0. The summed E-state index contributed by atoms with van der Waals surface area (Å²) >= 11 is 0. The lowest BCUT2D eigenvalue weighted by molar-refractivity contribution is -0.147. The van der Waals surface area contributed by atoms with Crippen LogP contribution in [0.1, 0.15) is 34.3 Å². The van der Waals surface area contributed by atoms with Gasteiger partial charge in [0.15, 0.2) is 6.61 Å². The fourth-order valence-electron chi connectivity index (χ4n) is 3.17. The van der Waals surface area contributed by atoms with Crippen molar-refractivity contribution in [3.63, 3.8) is 0 Å². The summed E-state index contributed by atoms with van der Waals surface area (Å²) in [6.45, 7) is 1.91. The standard InChI is InChI=1S/C25H24N2O4/c1-2-26-24(29)20-14-9-15-21(16-20)27-22(28)17-31-25(30)23(18-10-5-3-6-11-18)19-12-7-4-8-13-19/h3-16,23H,2,17H2,1H3,(H,26,29)(H,27,28). The van der Waals surface area contributed by atoms with Gasteiger partial charge in [-0.2, -0.15) is 0 Å². The van der Waals surface area contributed by atoms with Crippen molar-refractivity contribution in [3.8, 4) is 0 Å². The van der Waals surface area contributed by atoms with Crippen LogP contribution in [0.2, 0.25) is 0 Å². The number of benzene rings is 3. The molecule has 0 atom stereocenters. The second-order valence-electron chi connectivity index (χ2n) is 6.85. The molecule has 0 radical (unpaired) electrons. The molecule has 3 aromatic carbocycles. The average molecular weight is 416 g/mol. The normalized spacial score (nSPS) is 10.4. The third kappa shape index (κ3) is 6.02. The Bertz CT molecular complexity index is 996. The Hall–Kier alpha value is -3.93. The predicted molar refractivity (Wildman–Crippen MR) is 119 cm³/mol. The molecule has 0 aromatic heterocycles. The highest BCUT2D eigenvalue weighted by Gasteiger charge is 2.24. The number of amides is 2. The lowest BCUT2D eigenvalue weighted by atomic mass is 9.91. The minimum absolute atomic E-state index is 0.224. The fraction of sp³-hybridized carbons (Fsp3) is 0.160. The van der Waals surface area contributed by atoms with Gasteiger partial charge in [-0.15, -0.1) is 0 Å². The molecular formula is C25H24N2O4. The molecule has 6 nitrogen and oxygen atoms in total. The van der Waals surface area contributed by atoms with Crippen molar-refractivity contribution < 1.29 is 19.1 Å². The van der Waals surface area contributed by atoms with Gasteiger partial charge in [0.1, 0.15) is 5.92 Å². The second kappa shape index (κ2) is 10.7. The van der Waals surface area contributed by atoms with E-state index in [-0.39, 0.29) is 5.91 Å². The van der Waals surface area contributed by atoms with E-state index in [0.29, 0.717) is 17.8 Å². The van der Waals surface area contributed by atoms with E-state index >= 15 is 0 Å². The van der Waals surface area contributed by atoms with Crippen LogP contribution in [-0.2, 0) is 14.3 Å². The summed E-state index contributed by atoms with van der Waals surface area (Å²) in [4.78, 5) is 37.1. The molecule has 0 aliphatic carbocycles. The first kappa shape index (κ1) is 21.8. The highest BCUT2D eigenvalue weighted by molar-refractivity contribution is 5.98. The largest absolute Gasteiger partial charge is 0.455 e. The molecule has 2 amide bonds. The van der Waals surface area contributed by atoms with Crippen molar-refractivity contribution in [2.75, 3.05) is 18.5 Å². The van der Waals surface area contributed by atoms with E-state index in [0.717, 1.165) is 11.1 Å². The molecule has 0 saturated heterocycles. The molecule has 6 heteroatoms. The van der Waals surface area contributed by atoms with Crippen LogP contribution in [0.3, 0.4) is 0 Å². The summed E-state index contributed by atoms with van der Waals surface area (Å²) in [5.74, 6) is -1.85. The van der Waals surface area contributed by atoms with Gasteiger partial charge >= 0.3 is 5.97 Å². The quantitative estimate of drug-likeness (QED) is 0.548. The minimum atomic E-state index is -0.628. The molecule has 158 valence electrons. The number of anilines is 1. The van der Waals surface area contributed by atoms with Gasteiger partial charge in [0.25, 0.3) is 11.8 Å². The molecule has 0 fully saturated rings. The summed E-state index contributed by atoms with van der Waals surface area (Å²) in [5.41, 5.74) is 2.46. The van der Waals surface area contributed by atoms with Crippen molar-refractivity contribution in [2.45, 2.75) is 12.8 Å². The van der Waals surface area contributed by atoms with Crippen molar-refractivity contribution >= 4 is 23.5 Å². The number of hydrogen-bond donors (Lipinski definition) is 2. The van der Waals surface area contributed by atoms with Crippen molar-refractivity contribution in [1.82, 2.24) is 5.32 Å². The summed E-state index contributed by atoms with van der Waals surface area (Å²) in [5, 5.41) is 5.36. The number of rotatable bonds is 8. The van der Waals surface area contributed by atoms with E-state index in [4.69, 9.17) is 4.74 Å². The van der Waals surface area contributed by atoms with E-state index < -0.39 is 24.4 Å². The van der Waals surface area contributed by atoms with E-state index in [2.05, 4.69) is 10.6 Å². The third-order valence-corrected chi connectivity index (χ3v) is 4.59. The second-order valence-corrected chi connectivity index (χ2v) is 6.85. The van der Waals surface area contributed by atoms with Gasteiger partial charge in [-0.1, -0.05) is 66.7 Å². The molecule has 3 rings (SSSR count). The Kier molecular flexibility index (Phi) is 7.54. The van der Waals surface area contributed by atoms with Crippen LogP contribution >= 0.6 is 0 Å². The highest BCUT2D eigenvalue weighted by atomic mass is 16.5. The van der Waals surface area contributed by atoms with E-state index in [9.17, 15) is 14.4 Å². The first-order valence-corrected chi connectivity index (χ1v) is 10.0. The van der Waals surface area contributed by atoms with E-state index in [1.54, 1.807) is 24.3 Å². The minimum Gasteiger partial charge on any atom is -0.455 e. The topological polar surface area (TPSA) is 84.5 Å². The number of ether oxygens (including phenoxy) is 1. The Labute approximate surface area is 181 Å². The number of carbonyl (C=O) groups is 3. The molecule has 31 heavy (non-hydrogen) atoms. The molecule has 0 heterocycles. The molecule has 0 aliphatic heterocycles. The van der Waals surface area contributed by atoms with Crippen LogP contribution in [-0.4, -0.2) is 30.9 Å². The number of nitrogens with one attached hydrogen (secondary N) is 2. The van der Waals surface area contributed by atoms with Gasteiger partial charge in [-0.25, -0.2) is 0 Å². The zero-order chi connectivity index (χ0) is 22.1. The number of esters is 1. The van der Waals surface area contributed by atoms with Crippen LogP contribution in [0.4, 0.5) is 5.69 Å². The van der Waals surface area contributed by atoms with Crippen molar-refractivity contribution in [2.24, 2.45) is 0 Å². The number of carbonyl (C=O) groups excluding carboxylic acids is 3. The van der Waals surface area contributed by atoms with Gasteiger partial charge in [0.2, 0.25) is 0 Å². The van der Waals surface area contributed by atoms with Gasteiger partial charge in [0.05, 0.1) is 0 Å². The zero-order valence-corrected chi connectivity index (χ0v) is 17.2. The molecular weight excluding hydrogens is 392 g/mol. The summed E-state index contributed by atoms with van der Waals surface area (Å²) in [7, 11) is 0. The predicted octanol–water partition coefficient (Wildman–Crippen LogP) is 3.75. The van der Waals surface area contributed by atoms with Crippen LogP contribution in [0, 0.1) is 0 Å². The molecule has 0 bridgehead atoms. The van der Waals surface area contributed by atoms with Gasteiger partial charge in [0, 0.05) is 17.8 Å². The first-order valence-electron chi connectivity index (χ1n) is 10.0. The average Bonchev–Trinajstić information content (AvgIpc) is 2.80. The smallest absolute Gasteiger partial charge is 0.318 e. The lowest BCUT2D eigenvalue weighted by Gasteiger charge is -2.17. The van der Waals surface area contributed by atoms with Crippen LogP contribution < -0.4 is 10.6 Å². The number of hydrogen-bond acceptors (Lipinski definition) is 4. The molecule has 0 saturated carbocycles. The molecule has 0 unspecified atom stereocenters. The maximum Gasteiger partial charge on any atom is 0.318 e. The van der Waals surface area contributed by atoms with Crippen LogP contribution in [0.15, 0.2) is 84.9 Å².